The van der Waals surface area contributed by atoms with Crippen LogP contribution in [0, 0.1) is 6.57 Å². The van der Waals surface area contributed by atoms with E-state index in [0.29, 0.717) is 5.56 Å². The van der Waals surface area contributed by atoms with Crippen LogP contribution >= 0.6 is 0 Å². The number of benzene rings is 2. The lowest BCUT2D eigenvalue weighted by molar-refractivity contribution is 0.103. The largest absolute Gasteiger partial charge is 0.504 e. The molecule has 110 valence electrons. The third-order valence-electron chi connectivity index (χ3n) is 2.89. The van der Waals surface area contributed by atoms with Gasteiger partial charge in [-0.3, -0.25) is 0 Å². The average molecular weight is 297 g/mol. The molecule has 0 bridgehead atoms. The van der Waals surface area contributed by atoms with Gasteiger partial charge in [-0.15, -0.1) is 0 Å². The molecule has 6 heteroatoms. The van der Waals surface area contributed by atoms with E-state index in [0.717, 1.165) is 12.1 Å². The monoisotopic (exact) mass is 297 g/mol. The number of rotatable bonds is 3. The van der Waals surface area contributed by atoms with Crippen molar-refractivity contribution in [2.45, 2.75) is 0 Å². The van der Waals surface area contributed by atoms with Gasteiger partial charge >= 0.3 is 0 Å². The Morgan fingerprint density at radius 3 is 2.05 bits per heavy atom. The maximum absolute atomic E-state index is 12.2. The van der Waals surface area contributed by atoms with Gasteiger partial charge in [0.15, 0.2) is 28.8 Å². The van der Waals surface area contributed by atoms with Crippen molar-refractivity contribution in [1.29, 1.82) is 0 Å². The zero-order valence-corrected chi connectivity index (χ0v) is 11.2. The molecular formula is C16H11NO5. The van der Waals surface area contributed by atoms with E-state index in [2.05, 4.69) is 4.85 Å². The van der Waals surface area contributed by atoms with Crippen molar-refractivity contribution in [2.24, 2.45) is 0 Å². The van der Waals surface area contributed by atoms with E-state index in [4.69, 9.17) is 6.57 Å². The summed E-state index contributed by atoms with van der Waals surface area (Å²) in [5, 5.41) is 37.3. The van der Waals surface area contributed by atoms with Gasteiger partial charge in [0.2, 0.25) is 5.70 Å². The van der Waals surface area contributed by atoms with Crippen molar-refractivity contribution < 1.29 is 25.2 Å². The molecule has 0 atom stereocenters. The summed E-state index contributed by atoms with van der Waals surface area (Å²) in [7, 11) is 0. The Labute approximate surface area is 125 Å². The molecule has 0 aliphatic carbocycles. The SMILES string of the molecule is [C-]#[N+]C(=Cc1ccc(O)c(O)c1)C(=O)c1ccc(O)c(O)c1. The Bertz CT molecular complexity index is 818. The van der Waals surface area contributed by atoms with Crippen LogP contribution < -0.4 is 0 Å². The van der Waals surface area contributed by atoms with Crippen molar-refractivity contribution in [3.05, 3.63) is 64.6 Å². The van der Waals surface area contributed by atoms with E-state index in [1.807, 2.05) is 0 Å². The minimum atomic E-state index is -0.641. The fraction of sp³-hybridized carbons (Fsp3) is 0. The van der Waals surface area contributed by atoms with Gasteiger partial charge < -0.3 is 25.2 Å². The summed E-state index contributed by atoms with van der Waals surface area (Å²) < 4.78 is 0. The minimum Gasteiger partial charge on any atom is -0.504 e. The van der Waals surface area contributed by atoms with Crippen molar-refractivity contribution in [2.75, 3.05) is 0 Å². The minimum absolute atomic E-state index is 0.0422. The number of Topliss-reactive ketones (excluding diaryl/α,β-unsaturated/α-hetero) is 1. The number of aromatic hydroxyl groups is 4. The third-order valence-corrected chi connectivity index (χ3v) is 2.89. The number of carbonyl (C=O) groups excluding carboxylic acids is 1. The summed E-state index contributed by atoms with van der Waals surface area (Å²) in [4.78, 5) is 15.3. The van der Waals surface area contributed by atoms with E-state index in [1.165, 1.54) is 30.3 Å². The molecule has 0 fully saturated rings. The molecule has 6 nitrogen and oxygen atoms in total. The second kappa shape index (κ2) is 5.89. The molecule has 0 aliphatic heterocycles. The number of phenolic OH excluding ortho intramolecular Hbond substituents is 4. The van der Waals surface area contributed by atoms with Gasteiger partial charge in [-0.25, -0.2) is 4.85 Å². The predicted molar refractivity (Wildman–Crippen MR) is 78.5 cm³/mol. The van der Waals surface area contributed by atoms with Gasteiger partial charge in [-0.1, -0.05) is 6.07 Å². The van der Waals surface area contributed by atoms with Crippen LogP contribution in [-0.4, -0.2) is 26.2 Å². The first-order valence-electron chi connectivity index (χ1n) is 6.10. The van der Waals surface area contributed by atoms with Gasteiger partial charge in [0, 0.05) is 5.56 Å². The summed E-state index contributed by atoms with van der Waals surface area (Å²) in [5.74, 6) is -2.15. The van der Waals surface area contributed by atoms with Crippen LogP contribution in [0.1, 0.15) is 15.9 Å². The highest BCUT2D eigenvalue weighted by atomic mass is 16.3. The smallest absolute Gasteiger partial charge is 0.234 e. The molecule has 2 rings (SSSR count). The average Bonchev–Trinajstić information content (AvgIpc) is 2.50. The lowest BCUT2D eigenvalue weighted by Gasteiger charge is -2.03. The van der Waals surface area contributed by atoms with Crippen LogP contribution in [0.5, 0.6) is 23.0 Å². The van der Waals surface area contributed by atoms with Crippen LogP contribution in [0.2, 0.25) is 0 Å². The maximum Gasteiger partial charge on any atom is 0.234 e. The summed E-state index contributed by atoms with van der Waals surface area (Å²) in [6.45, 7) is 7.09. The molecule has 0 radical (unpaired) electrons. The zero-order valence-electron chi connectivity index (χ0n) is 11.2. The number of ketones is 1. The molecule has 0 aliphatic rings. The molecule has 2 aromatic carbocycles. The molecule has 0 aromatic heterocycles. The molecular weight excluding hydrogens is 286 g/mol. The number of nitrogens with zero attached hydrogens (tertiary/aromatic N) is 1. The fourth-order valence-corrected chi connectivity index (χ4v) is 1.75. The highest BCUT2D eigenvalue weighted by Gasteiger charge is 2.15. The number of carbonyl (C=O) groups is 1. The molecule has 0 unspecified atom stereocenters. The molecule has 2 aromatic rings. The molecule has 0 heterocycles. The number of allylic oxidation sites excluding steroid dienone is 1. The van der Waals surface area contributed by atoms with Crippen molar-refractivity contribution >= 4 is 11.9 Å². The summed E-state index contributed by atoms with van der Waals surface area (Å²) in [5.41, 5.74) is 0.161. The van der Waals surface area contributed by atoms with E-state index in [9.17, 15) is 25.2 Å². The zero-order chi connectivity index (χ0) is 16.3. The second-order valence-electron chi connectivity index (χ2n) is 4.42. The Morgan fingerprint density at radius 1 is 0.909 bits per heavy atom. The quantitative estimate of drug-likeness (QED) is 0.302. The summed E-state index contributed by atoms with van der Waals surface area (Å²) in [6, 6.07) is 7.37. The van der Waals surface area contributed by atoms with E-state index in [-0.39, 0.29) is 28.5 Å². The van der Waals surface area contributed by atoms with Crippen LogP contribution in [0.15, 0.2) is 42.1 Å². The number of hydrogen-bond donors (Lipinski definition) is 4. The number of phenols is 4. The van der Waals surface area contributed by atoms with Crippen LogP contribution in [-0.2, 0) is 0 Å². The predicted octanol–water partition coefficient (Wildman–Crippen LogP) is 2.65. The summed E-state index contributed by atoms with van der Waals surface area (Å²) in [6.07, 6.45) is 1.25. The lowest BCUT2D eigenvalue weighted by atomic mass is 10.1. The molecule has 22 heavy (non-hydrogen) atoms. The first-order valence-corrected chi connectivity index (χ1v) is 6.10. The molecule has 0 saturated heterocycles. The highest BCUT2D eigenvalue weighted by Crippen LogP contribution is 2.28. The topological polar surface area (TPSA) is 102 Å². The van der Waals surface area contributed by atoms with Gasteiger partial charge in [0.05, 0.1) is 6.57 Å². The Kier molecular flexibility index (Phi) is 4.00. The molecule has 4 N–H and O–H groups in total. The van der Waals surface area contributed by atoms with Crippen molar-refractivity contribution in [3.8, 4) is 23.0 Å². The Hall–Kier alpha value is -3.46. The van der Waals surface area contributed by atoms with Crippen LogP contribution in [0.4, 0.5) is 0 Å². The normalized spacial score (nSPS) is 11.0. The van der Waals surface area contributed by atoms with E-state index in [1.54, 1.807) is 0 Å². The third kappa shape index (κ3) is 2.99. The van der Waals surface area contributed by atoms with Gasteiger partial charge in [-0.05, 0) is 42.0 Å². The van der Waals surface area contributed by atoms with Gasteiger partial charge in [0.25, 0.3) is 0 Å². The molecule has 0 spiro atoms. The maximum atomic E-state index is 12.2. The van der Waals surface area contributed by atoms with Gasteiger partial charge in [0.1, 0.15) is 0 Å². The Balaban J connectivity index is 2.40. The van der Waals surface area contributed by atoms with E-state index < -0.39 is 11.5 Å². The standard InChI is InChI=1S/C16H11NO5/c1-17-11(6-9-2-4-12(18)14(20)7-9)16(22)10-3-5-13(19)15(21)8-10/h2-8,18-21H. The second-order valence-corrected chi connectivity index (χ2v) is 4.42. The first kappa shape index (κ1) is 14.9. The first-order chi connectivity index (χ1) is 10.4. The van der Waals surface area contributed by atoms with Gasteiger partial charge in [-0.2, -0.15) is 0 Å². The van der Waals surface area contributed by atoms with Crippen molar-refractivity contribution in [1.82, 2.24) is 0 Å². The van der Waals surface area contributed by atoms with Crippen LogP contribution in [0.3, 0.4) is 0 Å². The summed E-state index contributed by atoms with van der Waals surface area (Å²) >= 11 is 0. The van der Waals surface area contributed by atoms with Crippen molar-refractivity contribution in [3.63, 3.8) is 0 Å². The fourth-order valence-electron chi connectivity index (χ4n) is 1.75. The van der Waals surface area contributed by atoms with Crippen LogP contribution in [0.25, 0.3) is 10.9 Å². The van der Waals surface area contributed by atoms with E-state index >= 15 is 0 Å². The number of hydrogen-bond acceptors (Lipinski definition) is 5. The highest BCUT2D eigenvalue weighted by molar-refractivity contribution is 6.12. The molecule has 0 amide bonds. The lowest BCUT2D eigenvalue weighted by Crippen LogP contribution is -2.00. The Morgan fingerprint density at radius 2 is 1.50 bits per heavy atom. The molecule has 0 saturated carbocycles.